The van der Waals surface area contributed by atoms with Gasteiger partial charge in [0.2, 0.25) is 0 Å². The van der Waals surface area contributed by atoms with Crippen molar-refractivity contribution >= 4 is 17.7 Å². The van der Waals surface area contributed by atoms with Crippen molar-refractivity contribution in [2.24, 2.45) is 0 Å². The summed E-state index contributed by atoms with van der Waals surface area (Å²) in [5.41, 5.74) is 0. The van der Waals surface area contributed by atoms with Crippen LogP contribution in [0.5, 0.6) is 0 Å². The second-order valence-corrected chi connectivity index (χ2v) is 4.05. The zero-order valence-electron chi connectivity index (χ0n) is 10.3. The number of aliphatic carboxylic acids is 2. The lowest BCUT2D eigenvalue weighted by atomic mass is 10.1. The fraction of sp³-hybridized carbons (Fsp3) is 0.727. The molecule has 18 heavy (non-hydrogen) atoms. The second-order valence-electron chi connectivity index (χ2n) is 4.05. The minimum atomic E-state index is -1.11. The Kier molecular flexibility index (Phi) is 7.89. The van der Waals surface area contributed by atoms with Crippen LogP contribution in [0.3, 0.4) is 0 Å². The molecule has 2 unspecified atom stereocenters. The van der Waals surface area contributed by atoms with E-state index in [1.54, 1.807) is 0 Å². The molecule has 0 saturated heterocycles. The first-order valence-corrected chi connectivity index (χ1v) is 5.71. The molecule has 0 rings (SSSR count). The van der Waals surface area contributed by atoms with Crippen LogP contribution in [0.25, 0.3) is 0 Å². The quantitative estimate of drug-likeness (QED) is 0.395. The molecule has 0 aliphatic carbocycles. The molecule has 0 aromatic carbocycles. The summed E-state index contributed by atoms with van der Waals surface area (Å²) >= 11 is 0. The van der Waals surface area contributed by atoms with Crippen molar-refractivity contribution in [1.82, 2.24) is 5.32 Å². The Labute approximate surface area is 105 Å². The van der Waals surface area contributed by atoms with Gasteiger partial charge in [0, 0.05) is 6.42 Å². The molecule has 0 aromatic rings. The molecule has 2 atom stereocenters. The van der Waals surface area contributed by atoms with Crippen LogP contribution in [-0.2, 0) is 14.4 Å². The van der Waals surface area contributed by atoms with Gasteiger partial charge < -0.3 is 20.6 Å². The largest absolute Gasteiger partial charge is 0.481 e. The molecule has 7 nitrogen and oxygen atoms in total. The van der Waals surface area contributed by atoms with Crippen LogP contribution in [0.1, 0.15) is 32.6 Å². The second kappa shape index (κ2) is 8.60. The summed E-state index contributed by atoms with van der Waals surface area (Å²) in [5.74, 6) is -2.48. The average Bonchev–Trinajstić information content (AvgIpc) is 2.26. The first kappa shape index (κ1) is 16.5. The normalized spacial score (nSPS) is 13.9. The number of rotatable bonds is 10. The predicted molar refractivity (Wildman–Crippen MR) is 62.2 cm³/mol. The summed E-state index contributed by atoms with van der Waals surface area (Å²) in [4.78, 5) is 31.8. The maximum atomic E-state index is 10.8. The number of carboxylic acids is 2. The minimum Gasteiger partial charge on any atom is -0.481 e. The first-order chi connectivity index (χ1) is 8.34. The van der Waals surface area contributed by atoms with E-state index >= 15 is 0 Å². The van der Waals surface area contributed by atoms with Crippen LogP contribution in [0.4, 0.5) is 0 Å². The molecule has 0 amide bonds. The molecule has 0 aromatic heterocycles. The minimum absolute atomic E-state index is 0.0000709. The topological polar surface area (TPSA) is 124 Å². The molecule has 4 N–H and O–H groups in total. The van der Waals surface area contributed by atoms with Gasteiger partial charge in [0.05, 0.1) is 0 Å². The van der Waals surface area contributed by atoms with Crippen LogP contribution >= 0.6 is 0 Å². The van der Waals surface area contributed by atoms with Crippen molar-refractivity contribution in [2.45, 2.75) is 44.8 Å². The lowest BCUT2D eigenvalue weighted by Crippen LogP contribution is -2.38. The Bertz CT molecular complexity index is 304. The van der Waals surface area contributed by atoms with Gasteiger partial charge in [-0.25, -0.2) is 0 Å². The number of carboxylic acid groups (broad SMARTS) is 2. The molecule has 0 heterocycles. The molecular formula is C11H19NO6. The number of hydrogen-bond donors (Lipinski definition) is 4. The number of aliphatic hydroxyl groups excluding tert-OH is 1. The van der Waals surface area contributed by atoms with Crippen molar-refractivity contribution in [3.05, 3.63) is 0 Å². The van der Waals surface area contributed by atoms with E-state index in [-0.39, 0.29) is 25.0 Å². The van der Waals surface area contributed by atoms with Crippen molar-refractivity contribution in [2.75, 3.05) is 6.54 Å². The van der Waals surface area contributed by atoms with E-state index in [1.165, 1.54) is 6.92 Å². The average molecular weight is 261 g/mol. The molecule has 0 bridgehead atoms. The third-order valence-corrected chi connectivity index (χ3v) is 2.46. The molecule has 0 spiro atoms. The van der Waals surface area contributed by atoms with E-state index in [0.717, 1.165) is 0 Å². The van der Waals surface area contributed by atoms with Crippen molar-refractivity contribution in [1.29, 1.82) is 0 Å². The molecule has 0 radical (unpaired) electrons. The van der Waals surface area contributed by atoms with Gasteiger partial charge in [0.1, 0.15) is 12.1 Å². The SMILES string of the molecule is CC(=O)C(O)CCCNC(CCC(=O)O)C(=O)O. The van der Waals surface area contributed by atoms with Gasteiger partial charge in [-0.2, -0.15) is 0 Å². The zero-order valence-corrected chi connectivity index (χ0v) is 10.3. The van der Waals surface area contributed by atoms with Gasteiger partial charge in [-0.3, -0.25) is 14.4 Å². The van der Waals surface area contributed by atoms with Crippen LogP contribution < -0.4 is 5.32 Å². The van der Waals surface area contributed by atoms with Crippen molar-refractivity contribution in [3.63, 3.8) is 0 Å². The van der Waals surface area contributed by atoms with E-state index in [1.807, 2.05) is 0 Å². The number of ketones is 1. The molecule has 0 fully saturated rings. The van der Waals surface area contributed by atoms with E-state index in [4.69, 9.17) is 10.2 Å². The molecule has 0 aliphatic heterocycles. The first-order valence-electron chi connectivity index (χ1n) is 5.71. The summed E-state index contributed by atoms with van der Waals surface area (Å²) in [5, 5.41) is 29.2. The predicted octanol–water partition coefficient (Wildman–Crippen LogP) is -0.376. The lowest BCUT2D eigenvalue weighted by molar-refractivity contribution is -0.140. The fourth-order valence-corrected chi connectivity index (χ4v) is 1.36. The molecule has 7 heteroatoms. The summed E-state index contributed by atoms with van der Waals surface area (Å²) in [6, 6.07) is -0.921. The number of carbonyl (C=O) groups excluding carboxylic acids is 1. The van der Waals surface area contributed by atoms with Crippen LogP contribution in [-0.4, -0.2) is 51.7 Å². The van der Waals surface area contributed by atoms with E-state index in [0.29, 0.717) is 13.0 Å². The third-order valence-electron chi connectivity index (χ3n) is 2.46. The maximum absolute atomic E-state index is 10.8. The van der Waals surface area contributed by atoms with E-state index in [9.17, 15) is 19.5 Å². The van der Waals surface area contributed by atoms with E-state index < -0.39 is 24.1 Å². The zero-order chi connectivity index (χ0) is 14.1. The van der Waals surface area contributed by atoms with Gasteiger partial charge >= 0.3 is 11.9 Å². The Morgan fingerprint density at radius 1 is 1.17 bits per heavy atom. The number of hydrogen-bond acceptors (Lipinski definition) is 5. The van der Waals surface area contributed by atoms with Gasteiger partial charge in [-0.05, 0) is 32.7 Å². The number of Topliss-reactive ketones (excluding diaryl/α,β-unsaturated/α-hetero) is 1. The van der Waals surface area contributed by atoms with Gasteiger partial charge in [-0.15, -0.1) is 0 Å². The number of nitrogens with one attached hydrogen (secondary N) is 1. The summed E-state index contributed by atoms with van der Waals surface area (Å²) in [6.45, 7) is 1.59. The number of aliphatic hydroxyl groups is 1. The molecule has 0 saturated carbocycles. The van der Waals surface area contributed by atoms with E-state index in [2.05, 4.69) is 5.32 Å². The highest BCUT2D eigenvalue weighted by atomic mass is 16.4. The van der Waals surface area contributed by atoms with Gasteiger partial charge in [-0.1, -0.05) is 0 Å². The summed E-state index contributed by atoms with van der Waals surface area (Å²) < 4.78 is 0. The van der Waals surface area contributed by atoms with Gasteiger partial charge in [0.25, 0.3) is 0 Å². The molecular weight excluding hydrogens is 242 g/mol. The monoisotopic (exact) mass is 261 g/mol. The summed E-state index contributed by atoms with van der Waals surface area (Å²) in [6.07, 6.45) is -0.542. The highest BCUT2D eigenvalue weighted by Crippen LogP contribution is 2.01. The number of carbonyl (C=O) groups is 3. The van der Waals surface area contributed by atoms with Crippen molar-refractivity contribution < 1.29 is 29.7 Å². The van der Waals surface area contributed by atoms with Crippen LogP contribution in [0.2, 0.25) is 0 Å². The molecule has 0 aliphatic rings. The van der Waals surface area contributed by atoms with Crippen LogP contribution in [0.15, 0.2) is 0 Å². The lowest BCUT2D eigenvalue weighted by Gasteiger charge is -2.13. The van der Waals surface area contributed by atoms with Crippen molar-refractivity contribution in [3.8, 4) is 0 Å². The highest BCUT2D eigenvalue weighted by molar-refractivity contribution is 5.80. The molecule has 104 valence electrons. The Morgan fingerprint density at radius 2 is 1.78 bits per heavy atom. The smallest absolute Gasteiger partial charge is 0.320 e. The standard InChI is InChI=1S/C11H19NO6/c1-7(13)9(14)3-2-6-12-8(11(17)18)4-5-10(15)16/h8-9,12,14H,2-6H2,1H3,(H,15,16)(H,17,18). The maximum Gasteiger partial charge on any atom is 0.320 e. The Hall–Kier alpha value is -1.47. The third kappa shape index (κ3) is 7.75. The Balaban J connectivity index is 3.87. The fourth-order valence-electron chi connectivity index (χ4n) is 1.36. The van der Waals surface area contributed by atoms with Crippen LogP contribution in [0, 0.1) is 0 Å². The highest BCUT2D eigenvalue weighted by Gasteiger charge is 2.18. The van der Waals surface area contributed by atoms with Gasteiger partial charge in [0.15, 0.2) is 5.78 Å². The summed E-state index contributed by atoms with van der Waals surface area (Å²) in [7, 11) is 0. The Morgan fingerprint density at radius 3 is 2.22 bits per heavy atom.